The Bertz CT molecular complexity index is 875. The fourth-order valence-electron chi connectivity index (χ4n) is 4.42. The van der Waals surface area contributed by atoms with Crippen molar-refractivity contribution in [1.29, 1.82) is 0 Å². The van der Waals surface area contributed by atoms with Crippen molar-refractivity contribution < 1.29 is 24.2 Å². The standard InChI is InChI=1S/C25H30O5/c1-4-5-8-16(2)20(26)14-13-18-21(27)15-22-24(18)19-11-6-9-17(25(19)30-22)10-7-12-23(28)29-3/h6,9,11,13-14,16,18,21-22,24,27H,7-8,10,12,15H2,1-3H3/b14-13+/t16-,18+,21-,22+,24+/m1/s1. The molecule has 160 valence electrons. The van der Waals surface area contributed by atoms with E-state index in [0.29, 0.717) is 25.7 Å². The largest absolute Gasteiger partial charge is 0.489 e. The molecule has 3 rings (SSSR count). The first kappa shape index (κ1) is 22.1. The number of fused-ring (bicyclic) bond motifs is 3. The molecule has 1 fully saturated rings. The number of rotatable bonds is 8. The van der Waals surface area contributed by atoms with Crippen LogP contribution in [0, 0.1) is 23.7 Å². The molecule has 30 heavy (non-hydrogen) atoms. The zero-order valence-corrected chi connectivity index (χ0v) is 17.9. The van der Waals surface area contributed by atoms with Crippen LogP contribution in [0.15, 0.2) is 30.4 Å². The van der Waals surface area contributed by atoms with Gasteiger partial charge in [0.25, 0.3) is 0 Å². The third-order valence-electron chi connectivity index (χ3n) is 6.10. The number of ketones is 1. The average molecular weight is 411 g/mol. The number of benzene rings is 1. The minimum absolute atomic E-state index is 0.0316. The lowest BCUT2D eigenvalue weighted by molar-refractivity contribution is -0.140. The number of aryl methyl sites for hydroxylation is 1. The van der Waals surface area contributed by atoms with E-state index in [9.17, 15) is 14.7 Å². The van der Waals surface area contributed by atoms with Gasteiger partial charge >= 0.3 is 5.97 Å². The Labute approximate surface area is 178 Å². The first-order valence-corrected chi connectivity index (χ1v) is 10.6. The maximum Gasteiger partial charge on any atom is 0.305 e. The zero-order valence-electron chi connectivity index (χ0n) is 17.9. The van der Waals surface area contributed by atoms with Crippen LogP contribution in [0.3, 0.4) is 0 Å². The van der Waals surface area contributed by atoms with Gasteiger partial charge in [-0.1, -0.05) is 31.2 Å². The summed E-state index contributed by atoms with van der Waals surface area (Å²) in [7, 11) is 1.40. The van der Waals surface area contributed by atoms with Gasteiger partial charge in [0.15, 0.2) is 5.78 Å². The molecule has 0 unspecified atom stereocenters. The summed E-state index contributed by atoms with van der Waals surface area (Å²) in [6, 6.07) is 6.07. The number of methoxy groups -OCH3 is 1. The van der Waals surface area contributed by atoms with Gasteiger partial charge in [-0.15, -0.1) is 11.8 Å². The Morgan fingerprint density at radius 3 is 2.93 bits per heavy atom. The predicted octanol–water partition coefficient (Wildman–Crippen LogP) is 3.58. The van der Waals surface area contributed by atoms with Gasteiger partial charge in [-0.3, -0.25) is 9.59 Å². The Morgan fingerprint density at radius 1 is 1.40 bits per heavy atom. The number of allylic oxidation sites excluding steroid dienone is 1. The van der Waals surface area contributed by atoms with Crippen molar-refractivity contribution in [3.8, 4) is 17.6 Å². The van der Waals surface area contributed by atoms with Crippen molar-refractivity contribution in [3.63, 3.8) is 0 Å². The molecule has 0 radical (unpaired) electrons. The third-order valence-corrected chi connectivity index (χ3v) is 6.10. The SMILES string of the molecule is CC#CC[C@@H](C)C(=O)/C=C/[C@@H]1[C@H]2c3cccc(CCCC(=O)OC)c3O[C@H]2C[C@H]1O. The quantitative estimate of drug-likeness (QED) is 0.403. The molecule has 1 aliphatic heterocycles. The molecule has 1 heterocycles. The van der Waals surface area contributed by atoms with Crippen molar-refractivity contribution >= 4 is 11.8 Å². The molecular weight excluding hydrogens is 380 g/mol. The van der Waals surface area contributed by atoms with Crippen molar-refractivity contribution in [3.05, 3.63) is 41.5 Å². The topological polar surface area (TPSA) is 72.8 Å². The molecular formula is C25H30O5. The molecule has 0 spiro atoms. The van der Waals surface area contributed by atoms with Gasteiger partial charge in [-0.25, -0.2) is 0 Å². The van der Waals surface area contributed by atoms with Crippen LogP contribution in [-0.4, -0.2) is 36.2 Å². The van der Waals surface area contributed by atoms with E-state index in [1.807, 2.05) is 31.2 Å². The number of carbonyl (C=O) groups is 2. The third kappa shape index (κ3) is 4.76. The van der Waals surface area contributed by atoms with E-state index in [4.69, 9.17) is 9.47 Å². The molecule has 1 aromatic carbocycles. The lowest BCUT2D eigenvalue weighted by Crippen LogP contribution is -2.17. The predicted molar refractivity (Wildman–Crippen MR) is 114 cm³/mol. The molecule has 0 aromatic heterocycles. The fraction of sp³-hybridized carbons (Fsp3) is 0.520. The van der Waals surface area contributed by atoms with Crippen molar-refractivity contribution in [1.82, 2.24) is 0 Å². The Balaban J connectivity index is 1.73. The second kappa shape index (κ2) is 9.95. The molecule has 0 saturated heterocycles. The highest BCUT2D eigenvalue weighted by molar-refractivity contribution is 5.91. The lowest BCUT2D eigenvalue weighted by Gasteiger charge is -2.17. The van der Waals surface area contributed by atoms with Crippen LogP contribution in [0.2, 0.25) is 0 Å². The molecule has 0 bridgehead atoms. The highest BCUT2D eigenvalue weighted by atomic mass is 16.5. The zero-order chi connectivity index (χ0) is 21.7. The number of ether oxygens (including phenoxy) is 2. The molecule has 2 aliphatic rings. The van der Waals surface area contributed by atoms with E-state index in [-0.39, 0.29) is 35.6 Å². The summed E-state index contributed by atoms with van der Waals surface area (Å²) < 4.78 is 11.0. The van der Waals surface area contributed by atoms with Gasteiger partial charge in [-0.05, 0) is 31.4 Å². The number of esters is 1. The van der Waals surface area contributed by atoms with E-state index < -0.39 is 6.10 Å². The summed E-state index contributed by atoms with van der Waals surface area (Å²) >= 11 is 0. The molecule has 1 aliphatic carbocycles. The molecule has 1 N–H and O–H groups in total. The summed E-state index contributed by atoms with van der Waals surface area (Å²) in [6.45, 7) is 3.64. The Kier molecular flexibility index (Phi) is 7.33. The number of aliphatic hydroxyl groups is 1. The number of aliphatic hydroxyl groups excluding tert-OH is 1. The van der Waals surface area contributed by atoms with E-state index >= 15 is 0 Å². The molecule has 5 nitrogen and oxygen atoms in total. The first-order valence-electron chi connectivity index (χ1n) is 10.6. The minimum atomic E-state index is -0.536. The molecule has 1 aromatic rings. The summed E-state index contributed by atoms with van der Waals surface area (Å²) in [5.41, 5.74) is 2.16. The number of hydrogen-bond donors (Lipinski definition) is 1. The van der Waals surface area contributed by atoms with Crippen LogP contribution < -0.4 is 4.74 Å². The second-order valence-corrected chi connectivity index (χ2v) is 8.12. The fourth-order valence-corrected chi connectivity index (χ4v) is 4.42. The molecule has 1 saturated carbocycles. The molecule has 5 heteroatoms. The van der Waals surface area contributed by atoms with Crippen LogP contribution in [0.1, 0.15) is 56.6 Å². The van der Waals surface area contributed by atoms with Gasteiger partial charge in [0.05, 0.1) is 13.2 Å². The van der Waals surface area contributed by atoms with Gasteiger partial charge in [0, 0.05) is 42.6 Å². The molecule has 0 amide bonds. The van der Waals surface area contributed by atoms with E-state index in [1.54, 1.807) is 13.0 Å². The normalized spacial score (nSPS) is 25.1. The minimum Gasteiger partial charge on any atom is -0.489 e. The Hall–Kier alpha value is -2.58. The van der Waals surface area contributed by atoms with E-state index in [0.717, 1.165) is 23.3 Å². The van der Waals surface area contributed by atoms with Crippen molar-refractivity contribution in [2.24, 2.45) is 11.8 Å². The monoisotopic (exact) mass is 410 g/mol. The van der Waals surface area contributed by atoms with Gasteiger partial charge in [0.1, 0.15) is 11.9 Å². The van der Waals surface area contributed by atoms with Crippen molar-refractivity contribution in [2.45, 2.75) is 64.1 Å². The van der Waals surface area contributed by atoms with Crippen molar-refractivity contribution in [2.75, 3.05) is 7.11 Å². The smallest absolute Gasteiger partial charge is 0.305 e. The Morgan fingerprint density at radius 2 is 2.20 bits per heavy atom. The number of carbonyl (C=O) groups excluding carboxylic acids is 2. The maximum absolute atomic E-state index is 12.4. The van der Waals surface area contributed by atoms with Crippen LogP contribution in [0.25, 0.3) is 0 Å². The highest BCUT2D eigenvalue weighted by Crippen LogP contribution is 2.52. The maximum atomic E-state index is 12.4. The van der Waals surface area contributed by atoms with Gasteiger partial charge < -0.3 is 14.6 Å². The van der Waals surface area contributed by atoms with Gasteiger partial charge in [0.2, 0.25) is 0 Å². The van der Waals surface area contributed by atoms with Crippen LogP contribution >= 0.6 is 0 Å². The highest BCUT2D eigenvalue weighted by Gasteiger charge is 2.48. The van der Waals surface area contributed by atoms with Crippen LogP contribution in [0.5, 0.6) is 5.75 Å². The lowest BCUT2D eigenvalue weighted by atomic mass is 9.86. The number of hydrogen-bond acceptors (Lipinski definition) is 5. The summed E-state index contributed by atoms with van der Waals surface area (Å²) in [6.07, 6.45) is 5.72. The summed E-state index contributed by atoms with van der Waals surface area (Å²) in [5.74, 6) is 6.18. The van der Waals surface area contributed by atoms with Gasteiger partial charge in [-0.2, -0.15) is 0 Å². The first-order chi connectivity index (χ1) is 14.5. The van der Waals surface area contributed by atoms with E-state index in [1.165, 1.54) is 7.11 Å². The average Bonchev–Trinajstić information content (AvgIpc) is 3.25. The summed E-state index contributed by atoms with van der Waals surface area (Å²) in [5, 5.41) is 10.6. The van der Waals surface area contributed by atoms with Crippen LogP contribution in [0.4, 0.5) is 0 Å². The second-order valence-electron chi connectivity index (χ2n) is 8.12. The summed E-state index contributed by atoms with van der Waals surface area (Å²) in [4.78, 5) is 23.8. The van der Waals surface area contributed by atoms with Crippen LogP contribution in [-0.2, 0) is 20.7 Å². The molecule has 5 atom stereocenters. The van der Waals surface area contributed by atoms with E-state index in [2.05, 4.69) is 11.8 Å². The number of para-hydroxylation sites is 1.